The number of nitrogens with one attached hydrogen (secondary N) is 1. The Morgan fingerprint density at radius 1 is 1.54 bits per heavy atom. The number of amides is 1. The van der Waals surface area contributed by atoms with E-state index < -0.39 is 0 Å². The molecule has 1 unspecified atom stereocenters. The third kappa shape index (κ3) is 1.69. The smallest absolute Gasteiger partial charge is 0.220 e. The number of aryl methyl sites for hydroxylation is 1. The van der Waals surface area contributed by atoms with Gasteiger partial charge >= 0.3 is 0 Å². The normalized spacial score (nSPS) is 21.6. The van der Waals surface area contributed by atoms with Crippen LogP contribution in [0.25, 0.3) is 0 Å². The third-order valence-corrected chi connectivity index (χ3v) is 2.31. The molecule has 3 heteroatoms. The first kappa shape index (κ1) is 8.23. The molecule has 0 aliphatic carbocycles. The van der Waals surface area contributed by atoms with Gasteiger partial charge in [-0.15, -0.1) is 0 Å². The minimum Gasteiger partial charge on any atom is -0.355 e. The molecule has 1 aromatic rings. The molecule has 0 aromatic carbocycles. The molecule has 0 spiro atoms. The van der Waals surface area contributed by atoms with Crippen molar-refractivity contribution in [1.82, 2.24) is 10.3 Å². The van der Waals surface area contributed by atoms with Crippen molar-refractivity contribution in [3.8, 4) is 0 Å². The van der Waals surface area contributed by atoms with Crippen molar-refractivity contribution >= 4 is 5.91 Å². The Morgan fingerprint density at radius 3 is 3.00 bits per heavy atom. The molecule has 3 nitrogen and oxygen atoms in total. The molecule has 1 N–H and O–H groups in total. The maximum Gasteiger partial charge on any atom is 0.220 e. The van der Waals surface area contributed by atoms with Gasteiger partial charge in [0.2, 0.25) is 5.91 Å². The summed E-state index contributed by atoms with van der Waals surface area (Å²) in [7, 11) is 0. The van der Waals surface area contributed by atoms with Crippen molar-refractivity contribution in [2.45, 2.75) is 19.3 Å². The van der Waals surface area contributed by atoms with Crippen molar-refractivity contribution < 1.29 is 4.79 Å². The van der Waals surface area contributed by atoms with Gasteiger partial charge in [-0.3, -0.25) is 9.78 Å². The third-order valence-electron chi connectivity index (χ3n) is 2.31. The van der Waals surface area contributed by atoms with E-state index >= 15 is 0 Å². The highest BCUT2D eigenvalue weighted by Gasteiger charge is 2.23. The SMILES string of the molecule is Cc1cccc(C2CNC(=O)C2)n1. The van der Waals surface area contributed by atoms with Gasteiger partial charge in [0, 0.05) is 30.3 Å². The summed E-state index contributed by atoms with van der Waals surface area (Å²) < 4.78 is 0. The molecule has 2 rings (SSSR count). The van der Waals surface area contributed by atoms with Crippen LogP contribution in [-0.4, -0.2) is 17.4 Å². The van der Waals surface area contributed by atoms with Crippen LogP contribution in [-0.2, 0) is 4.79 Å². The van der Waals surface area contributed by atoms with Crippen LogP contribution in [0.3, 0.4) is 0 Å². The minimum atomic E-state index is 0.133. The average Bonchev–Trinajstić information content (AvgIpc) is 2.52. The molecular weight excluding hydrogens is 164 g/mol. The highest BCUT2D eigenvalue weighted by molar-refractivity contribution is 5.79. The van der Waals surface area contributed by atoms with E-state index in [0.29, 0.717) is 6.42 Å². The van der Waals surface area contributed by atoms with Crippen molar-refractivity contribution in [2.24, 2.45) is 0 Å². The lowest BCUT2D eigenvalue weighted by Gasteiger charge is -2.06. The zero-order valence-corrected chi connectivity index (χ0v) is 7.58. The highest BCUT2D eigenvalue weighted by Crippen LogP contribution is 2.20. The fourth-order valence-electron chi connectivity index (χ4n) is 1.61. The quantitative estimate of drug-likeness (QED) is 0.693. The second-order valence-corrected chi connectivity index (χ2v) is 3.41. The summed E-state index contributed by atoms with van der Waals surface area (Å²) in [6, 6.07) is 5.94. The molecule has 1 fully saturated rings. The van der Waals surface area contributed by atoms with Gasteiger partial charge in [0.15, 0.2) is 0 Å². The first-order valence-corrected chi connectivity index (χ1v) is 4.46. The number of aromatic nitrogens is 1. The molecule has 13 heavy (non-hydrogen) atoms. The van der Waals surface area contributed by atoms with E-state index in [9.17, 15) is 4.79 Å². The van der Waals surface area contributed by atoms with Gasteiger partial charge in [0.05, 0.1) is 0 Å². The standard InChI is InChI=1S/C10H12N2O/c1-7-3-2-4-9(12-7)8-5-10(13)11-6-8/h2-4,8H,5-6H2,1H3,(H,11,13). The Labute approximate surface area is 77.2 Å². The Balaban J connectivity index is 2.21. The van der Waals surface area contributed by atoms with Gasteiger partial charge < -0.3 is 5.32 Å². The first-order valence-electron chi connectivity index (χ1n) is 4.46. The minimum absolute atomic E-state index is 0.133. The lowest BCUT2D eigenvalue weighted by atomic mass is 10.0. The predicted octanol–water partition coefficient (Wildman–Crippen LogP) is 0.994. The maximum atomic E-state index is 11.0. The summed E-state index contributed by atoms with van der Waals surface area (Å²) in [6.45, 7) is 2.70. The van der Waals surface area contributed by atoms with Crippen LogP contribution in [0.15, 0.2) is 18.2 Å². The maximum absolute atomic E-state index is 11.0. The number of nitrogens with zero attached hydrogens (tertiary/aromatic N) is 1. The Hall–Kier alpha value is -1.38. The van der Waals surface area contributed by atoms with Gasteiger partial charge in [-0.1, -0.05) is 6.07 Å². The fraction of sp³-hybridized carbons (Fsp3) is 0.400. The molecule has 1 atom stereocenters. The monoisotopic (exact) mass is 176 g/mol. The molecular formula is C10H12N2O. The van der Waals surface area contributed by atoms with Gasteiger partial charge in [-0.25, -0.2) is 0 Å². The topological polar surface area (TPSA) is 42.0 Å². The summed E-state index contributed by atoms with van der Waals surface area (Å²) in [6.07, 6.45) is 0.580. The highest BCUT2D eigenvalue weighted by atomic mass is 16.1. The second kappa shape index (κ2) is 3.17. The molecule has 0 bridgehead atoms. The van der Waals surface area contributed by atoms with E-state index in [1.807, 2.05) is 25.1 Å². The first-order chi connectivity index (χ1) is 6.25. The second-order valence-electron chi connectivity index (χ2n) is 3.41. The van der Waals surface area contributed by atoms with E-state index in [0.717, 1.165) is 17.9 Å². The van der Waals surface area contributed by atoms with Gasteiger partial charge in [-0.2, -0.15) is 0 Å². The van der Waals surface area contributed by atoms with E-state index in [1.54, 1.807) is 0 Å². The predicted molar refractivity (Wildman–Crippen MR) is 49.3 cm³/mol. The number of carbonyl (C=O) groups is 1. The van der Waals surface area contributed by atoms with Crippen LogP contribution in [0.2, 0.25) is 0 Å². The largest absolute Gasteiger partial charge is 0.355 e. The summed E-state index contributed by atoms with van der Waals surface area (Å²) in [4.78, 5) is 15.4. The van der Waals surface area contributed by atoms with Crippen LogP contribution in [0.5, 0.6) is 0 Å². The molecule has 0 radical (unpaired) electrons. The molecule has 1 amide bonds. The zero-order chi connectivity index (χ0) is 9.26. The van der Waals surface area contributed by atoms with Crippen LogP contribution in [0, 0.1) is 6.92 Å². The Bertz CT molecular complexity index is 335. The van der Waals surface area contributed by atoms with Crippen LogP contribution in [0.1, 0.15) is 23.7 Å². The molecule has 68 valence electrons. The number of rotatable bonds is 1. The molecule has 2 heterocycles. The number of carbonyl (C=O) groups excluding carboxylic acids is 1. The zero-order valence-electron chi connectivity index (χ0n) is 7.58. The molecule has 1 saturated heterocycles. The van der Waals surface area contributed by atoms with Crippen molar-refractivity contribution in [3.05, 3.63) is 29.6 Å². The molecule has 1 aromatic heterocycles. The molecule has 1 aliphatic heterocycles. The van der Waals surface area contributed by atoms with E-state index in [1.165, 1.54) is 0 Å². The Kier molecular flexibility index (Phi) is 2.00. The number of hydrogen-bond acceptors (Lipinski definition) is 2. The molecule has 1 aliphatic rings. The number of pyridine rings is 1. The van der Waals surface area contributed by atoms with Crippen LogP contribution >= 0.6 is 0 Å². The summed E-state index contributed by atoms with van der Waals surface area (Å²) in [5, 5.41) is 2.81. The number of hydrogen-bond donors (Lipinski definition) is 1. The van der Waals surface area contributed by atoms with Crippen molar-refractivity contribution in [2.75, 3.05) is 6.54 Å². The van der Waals surface area contributed by atoms with Gasteiger partial charge in [0.25, 0.3) is 0 Å². The van der Waals surface area contributed by atoms with Gasteiger partial charge in [0.1, 0.15) is 0 Å². The van der Waals surface area contributed by atoms with E-state index in [2.05, 4.69) is 10.3 Å². The van der Waals surface area contributed by atoms with Crippen molar-refractivity contribution in [3.63, 3.8) is 0 Å². The van der Waals surface area contributed by atoms with Gasteiger partial charge in [-0.05, 0) is 19.1 Å². The van der Waals surface area contributed by atoms with E-state index in [-0.39, 0.29) is 11.8 Å². The summed E-state index contributed by atoms with van der Waals surface area (Å²) in [5.41, 5.74) is 2.04. The fourth-order valence-corrected chi connectivity index (χ4v) is 1.61. The van der Waals surface area contributed by atoms with Crippen LogP contribution < -0.4 is 5.32 Å². The van der Waals surface area contributed by atoms with Crippen LogP contribution in [0.4, 0.5) is 0 Å². The average molecular weight is 176 g/mol. The lowest BCUT2D eigenvalue weighted by molar-refractivity contribution is -0.119. The lowest BCUT2D eigenvalue weighted by Crippen LogP contribution is -2.13. The van der Waals surface area contributed by atoms with Crippen molar-refractivity contribution in [1.29, 1.82) is 0 Å². The van der Waals surface area contributed by atoms with E-state index in [4.69, 9.17) is 0 Å². The summed E-state index contributed by atoms with van der Waals surface area (Å²) >= 11 is 0. The molecule has 0 saturated carbocycles. The Morgan fingerprint density at radius 2 is 2.38 bits per heavy atom. The summed E-state index contributed by atoms with van der Waals surface area (Å²) in [5.74, 6) is 0.403.